The number of carboxylic acids is 1. The molecule has 0 atom stereocenters. The topological polar surface area (TPSA) is 114 Å². The molecule has 0 spiro atoms. The van der Waals surface area contributed by atoms with Crippen LogP contribution in [-0.4, -0.2) is 29.6 Å². The van der Waals surface area contributed by atoms with Crippen LogP contribution in [0.4, 0.5) is 4.79 Å². The number of carbonyl (C=O) groups is 3. The molecular formula is C20H18N2O6. The lowest BCUT2D eigenvalue weighted by Gasteiger charge is -2.13. The Hall–Kier alpha value is -3.81. The van der Waals surface area contributed by atoms with Crippen LogP contribution >= 0.6 is 0 Å². The van der Waals surface area contributed by atoms with Crippen molar-refractivity contribution in [1.29, 1.82) is 0 Å². The summed E-state index contributed by atoms with van der Waals surface area (Å²) in [7, 11) is 0. The molecule has 28 heavy (non-hydrogen) atoms. The minimum atomic E-state index is -0.983. The fourth-order valence-corrected chi connectivity index (χ4v) is 2.56. The Bertz CT molecular complexity index is 950. The van der Waals surface area contributed by atoms with Crippen LogP contribution in [0.25, 0.3) is 6.08 Å². The molecule has 1 fully saturated rings. The molecule has 8 heteroatoms. The molecule has 0 bridgehead atoms. The number of ether oxygens (including phenoxy) is 2. The number of urea groups is 1. The van der Waals surface area contributed by atoms with E-state index in [0.717, 1.165) is 5.56 Å². The predicted octanol–water partition coefficient (Wildman–Crippen LogP) is 2.54. The zero-order chi connectivity index (χ0) is 20.1. The standard InChI is InChI=1S/C20H18N2O6/c1-2-27-17-10-13(9-15-18(23)22-20(26)21-15)5-8-16(17)28-11-12-3-6-14(7-4-12)19(24)25/h3-10H,2,11H2,1H3,(H,24,25)(H2,21,22,23,26)/b15-9+. The summed E-state index contributed by atoms with van der Waals surface area (Å²) < 4.78 is 11.4. The Kier molecular flexibility index (Phi) is 5.59. The lowest BCUT2D eigenvalue weighted by Crippen LogP contribution is -2.22. The zero-order valence-corrected chi connectivity index (χ0v) is 15.0. The summed E-state index contributed by atoms with van der Waals surface area (Å²) in [6.07, 6.45) is 1.54. The van der Waals surface area contributed by atoms with Gasteiger partial charge in [-0.1, -0.05) is 18.2 Å². The predicted molar refractivity (Wildman–Crippen MR) is 100.0 cm³/mol. The molecule has 3 amide bonds. The summed E-state index contributed by atoms with van der Waals surface area (Å²) >= 11 is 0. The van der Waals surface area contributed by atoms with Gasteiger partial charge < -0.3 is 19.9 Å². The van der Waals surface area contributed by atoms with Crippen molar-refractivity contribution in [1.82, 2.24) is 10.6 Å². The van der Waals surface area contributed by atoms with E-state index in [1.165, 1.54) is 18.2 Å². The summed E-state index contributed by atoms with van der Waals surface area (Å²) in [6.45, 7) is 2.49. The second-order valence-corrected chi connectivity index (χ2v) is 5.90. The smallest absolute Gasteiger partial charge is 0.335 e. The van der Waals surface area contributed by atoms with Crippen LogP contribution in [0.1, 0.15) is 28.4 Å². The van der Waals surface area contributed by atoms with Crippen LogP contribution in [-0.2, 0) is 11.4 Å². The molecule has 0 aliphatic carbocycles. The van der Waals surface area contributed by atoms with Crippen molar-refractivity contribution >= 4 is 24.0 Å². The molecule has 0 saturated carbocycles. The molecule has 1 saturated heterocycles. The van der Waals surface area contributed by atoms with E-state index < -0.39 is 17.9 Å². The second kappa shape index (κ2) is 8.26. The highest BCUT2D eigenvalue weighted by Gasteiger charge is 2.22. The molecule has 1 heterocycles. The minimum Gasteiger partial charge on any atom is -0.490 e. The van der Waals surface area contributed by atoms with Gasteiger partial charge in [-0.2, -0.15) is 0 Å². The molecule has 3 rings (SSSR count). The van der Waals surface area contributed by atoms with Crippen molar-refractivity contribution in [2.24, 2.45) is 0 Å². The monoisotopic (exact) mass is 382 g/mol. The Balaban J connectivity index is 1.75. The Morgan fingerprint density at radius 1 is 1.04 bits per heavy atom. The van der Waals surface area contributed by atoms with E-state index in [0.29, 0.717) is 23.7 Å². The molecule has 144 valence electrons. The summed E-state index contributed by atoms with van der Waals surface area (Å²) in [4.78, 5) is 33.7. The van der Waals surface area contributed by atoms with E-state index in [9.17, 15) is 14.4 Å². The van der Waals surface area contributed by atoms with E-state index in [1.807, 2.05) is 6.92 Å². The lowest BCUT2D eigenvalue weighted by atomic mass is 10.1. The highest BCUT2D eigenvalue weighted by molar-refractivity contribution is 6.14. The number of hydrogen-bond donors (Lipinski definition) is 3. The van der Waals surface area contributed by atoms with Crippen LogP contribution in [0, 0.1) is 0 Å². The first-order chi connectivity index (χ1) is 13.5. The van der Waals surface area contributed by atoms with E-state index in [4.69, 9.17) is 14.6 Å². The van der Waals surface area contributed by atoms with E-state index in [2.05, 4.69) is 10.6 Å². The van der Waals surface area contributed by atoms with E-state index in [-0.39, 0.29) is 17.9 Å². The third-order valence-electron chi connectivity index (χ3n) is 3.89. The first-order valence-electron chi connectivity index (χ1n) is 8.52. The molecule has 0 unspecified atom stereocenters. The Labute approximate surface area is 160 Å². The maximum Gasteiger partial charge on any atom is 0.335 e. The number of amides is 3. The molecule has 8 nitrogen and oxygen atoms in total. The maximum atomic E-state index is 11.6. The van der Waals surface area contributed by atoms with Gasteiger partial charge in [-0.25, -0.2) is 9.59 Å². The van der Waals surface area contributed by atoms with Crippen LogP contribution in [0.15, 0.2) is 48.2 Å². The van der Waals surface area contributed by atoms with Gasteiger partial charge in [-0.05, 0) is 48.4 Å². The molecule has 0 radical (unpaired) electrons. The van der Waals surface area contributed by atoms with E-state index in [1.54, 1.807) is 30.3 Å². The second-order valence-electron chi connectivity index (χ2n) is 5.90. The summed E-state index contributed by atoms with van der Waals surface area (Å²) in [5.41, 5.74) is 1.83. The molecule has 0 aromatic heterocycles. The molecule has 1 aliphatic heterocycles. The third-order valence-corrected chi connectivity index (χ3v) is 3.89. The third kappa shape index (κ3) is 4.47. The van der Waals surface area contributed by atoms with Gasteiger partial charge in [0.25, 0.3) is 5.91 Å². The Morgan fingerprint density at radius 2 is 1.79 bits per heavy atom. The number of carboxylic acid groups (broad SMARTS) is 1. The quantitative estimate of drug-likeness (QED) is 0.501. The normalized spacial score (nSPS) is 14.5. The average Bonchev–Trinajstić information content (AvgIpc) is 2.98. The Morgan fingerprint density at radius 3 is 2.39 bits per heavy atom. The van der Waals surface area contributed by atoms with Crippen molar-refractivity contribution in [3.8, 4) is 11.5 Å². The van der Waals surface area contributed by atoms with Gasteiger partial charge >= 0.3 is 12.0 Å². The van der Waals surface area contributed by atoms with Gasteiger partial charge in [0, 0.05) is 0 Å². The van der Waals surface area contributed by atoms with Gasteiger partial charge in [-0.3, -0.25) is 10.1 Å². The van der Waals surface area contributed by atoms with Crippen molar-refractivity contribution in [3.05, 3.63) is 64.9 Å². The van der Waals surface area contributed by atoms with Crippen molar-refractivity contribution < 1.29 is 29.0 Å². The highest BCUT2D eigenvalue weighted by atomic mass is 16.5. The van der Waals surface area contributed by atoms with Gasteiger partial charge in [-0.15, -0.1) is 0 Å². The molecule has 2 aromatic rings. The first-order valence-corrected chi connectivity index (χ1v) is 8.52. The number of nitrogens with one attached hydrogen (secondary N) is 2. The number of imide groups is 1. The fourth-order valence-electron chi connectivity index (χ4n) is 2.56. The SMILES string of the molecule is CCOc1cc(/C=C2/NC(=O)NC2=O)ccc1OCc1ccc(C(=O)O)cc1. The lowest BCUT2D eigenvalue weighted by molar-refractivity contribution is -0.115. The number of benzene rings is 2. The zero-order valence-electron chi connectivity index (χ0n) is 15.0. The van der Waals surface area contributed by atoms with E-state index >= 15 is 0 Å². The number of hydrogen-bond acceptors (Lipinski definition) is 5. The summed E-state index contributed by atoms with van der Waals surface area (Å²) in [5, 5.41) is 13.5. The average molecular weight is 382 g/mol. The number of aromatic carboxylic acids is 1. The molecule has 2 aromatic carbocycles. The molecule has 3 N–H and O–H groups in total. The largest absolute Gasteiger partial charge is 0.490 e. The van der Waals surface area contributed by atoms with Crippen molar-refractivity contribution in [2.75, 3.05) is 6.61 Å². The van der Waals surface area contributed by atoms with Gasteiger partial charge in [0.2, 0.25) is 0 Å². The van der Waals surface area contributed by atoms with Gasteiger partial charge in [0.1, 0.15) is 12.3 Å². The fraction of sp³-hybridized carbons (Fsp3) is 0.150. The summed E-state index contributed by atoms with van der Waals surface area (Å²) in [6, 6.07) is 11.0. The van der Waals surface area contributed by atoms with Gasteiger partial charge in [0.15, 0.2) is 11.5 Å². The van der Waals surface area contributed by atoms with Crippen LogP contribution in [0.2, 0.25) is 0 Å². The van der Waals surface area contributed by atoms with Crippen molar-refractivity contribution in [2.45, 2.75) is 13.5 Å². The minimum absolute atomic E-state index is 0.152. The first kappa shape index (κ1) is 19.0. The molecule has 1 aliphatic rings. The van der Waals surface area contributed by atoms with Crippen molar-refractivity contribution in [3.63, 3.8) is 0 Å². The van der Waals surface area contributed by atoms with Crippen LogP contribution in [0.3, 0.4) is 0 Å². The summed E-state index contributed by atoms with van der Waals surface area (Å²) in [5.74, 6) is -0.481. The number of carbonyl (C=O) groups excluding carboxylic acids is 2. The van der Waals surface area contributed by atoms with Crippen LogP contribution < -0.4 is 20.1 Å². The van der Waals surface area contributed by atoms with Crippen LogP contribution in [0.5, 0.6) is 11.5 Å². The number of rotatable bonds is 7. The maximum absolute atomic E-state index is 11.6. The molecular weight excluding hydrogens is 364 g/mol. The highest BCUT2D eigenvalue weighted by Crippen LogP contribution is 2.30. The van der Waals surface area contributed by atoms with Gasteiger partial charge in [0.05, 0.1) is 12.2 Å².